The highest BCUT2D eigenvalue weighted by molar-refractivity contribution is 6.22. The van der Waals surface area contributed by atoms with E-state index in [1.54, 1.807) is 12.1 Å². The largest absolute Gasteiger partial charge is 0.301 e. The van der Waals surface area contributed by atoms with Crippen molar-refractivity contribution in [1.82, 2.24) is 5.32 Å². The smallest absolute Gasteiger partial charge is 0.251 e. The molecule has 23 heavy (non-hydrogen) atoms. The van der Waals surface area contributed by atoms with Crippen molar-refractivity contribution in [1.29, 1.82) is 0 Å². The summed E-state index contributed by atoms with van der Waals surface area (Å²) < 4.78 is 25.8. The molecule has 0 radical (unpaired) electrons. The lowest BCUT2D eigenvalue weighted by Gasteiger charge is -2.15. The fourth-order valence-electron chi connectivity index (χ4n) is 2.50. The summed E-state index contributed by atoms with van der Waals surface area (Å²) in [5.41, 5.74) is 1.17. The molecule has 1 heterocycles. The van der Waals surface area contributed by atoms with Gasteiger partial charge in [0.1, 0.15) is 11.6 Å². The first-order valence-corrected chi connectivity index (χ1v) is 7.15. The van der Waals surface area contributed by atoms with E-state index in [-0.39, 0.29) is 24.1 Å². The third kappa shape index (κ3) is 3.27. The molecule has 1 fully saturated rings. The van der Waals surface area contributed by atoms with Gasteiger partial charge in [-0.2, -0.15) is 0 Å². The van der Waals surface area contributed by atoms with Gasteiger partial charge < -0.3 is 5.32 Å². The van der Waals surface area contributed by atoms with Crippen molar-refractivity contribution in [3.63, 3.8) is 0 Å². The fraction of sp³-hybridized carbons (Fsp3) is 0.176. The molecular weight excluding hydrogens is 302 g/mol. The zero-order valence-corrected chi connectivity index (χ0v) is 12.1. The van der Waals surface area contributed by atoms with Crippen molar-refractivity contribution in [2.75, 3.05) is 4.90 Å². The third-order valence-electron chi connectivity index (χ3n) is 3.70. The van der Waals surface area contributed by atoms with Gasteiger partial charge in [-0.1, -0.05) is 12.1 Å². The van der Waals surface area contributed by atoms with E-state index in [4.69, 9.17) is 0 Å². The molecule has 0 unspecified atom stereocenters. The third-order valence-corrected chi connectivity index (χ3v) is 3.70. The summed E-state index contributed by atoms with van der Waals surface area (Å²) in [4.78, 5) is 25.5. The SMILES string of the molecule is O=C1C[C@H](NCc2ccc(F)cc2)C(=O)N1c1ccc(F)cc1. The Bertz CT molecular complexity index is 729. The van der Waals surface area contributed by atoms with Crippen molar-refractivity contribution in [3.05, 3.63) is 65.7 Å². The summed E-state index contributed by atoms with van der Waals surface area (Å²) in [5.74, 6) is -1.47. The van der Waals surface area contributed by atoms with Gasteiger partial charge in [-0.05, 0) is 42.0 Å². The van der Waals surface area contributed by atoms with E-state index in [0.717, 1.165) is 10.5 Å². The average Bonchev–Trinajstić information content (AvgIpc) is 2.82. The number of amides is 2. The lowest BCUT2D eigenvalue weighted by atomic mass is 10.2. The molecule has 1 aliphatic heterocycles. The van der Waals surface area contributed by atoms with Crippen LogP contribution in [0.15, 0.2) is 48.5 Å². The van der Waals surface area contributed by atoms with Crippen LogP contribution >= 0.6 is 0 Å². The maximum atomic E-state index is 13.0. The van der Waals surface area contributed by atoms with E-state index in [0.29, 0.717) is 12.2 Å². The van der Waals surface area contributed by atoms with Gasteiger partial charge in [-0.15, -0.1) is 0 Å². The molecule has 1 atom stereocenters. The molecule has 0 bridgehead atoms. The highest BCUT2D eigenvalue weighted by atomic mass is 19.1. The maximum Gasteiger partial charge on any atom is 0.251 e. The molecule has 1 saturated heterocycles. The number of hydrogen-bond acceptors (Lipinski definition) is 3. The van der Waals surface area contributed by atoms with Crippen LogP contribution in [0.3, 0.4) is 0 Å². The van der Waals surface area contributed by atoms with Crippen LogP contribution in [0.5, 0.6) is 0 Å². The molecule has 4 nitrogen and oxygen atoms in total. The number of carbonyl (C=O) groups is 2. The number of benzene rings is 2. The minimum atomic E-state index is -0.641. The monoisotopic (exact) mass is 316 g/mol. The fourth-order valence-corrected chi connectivity index (χ4v) is 2.50. The van der Waals surface area contributed by atoms with Gasteiger partial charge in [-0.25, -0.2) is 13.7 Å². The van der Waals surface area contributed by atoms with Gasteiger partial charge in [-0.3, -0.25) is 9.59 Å². The standard InChI is InChI=1S/C17H14F2N2O2/c18-12-3-1-11(2-4-12)10-20-15-9-16(22)21(17(15)23)14-7-5-13(19)6-8-14/h1-8,15,20H,9-10H2/t15-/m0/s1. The quantitative estimate of drug-likeness (QED) is 0.881. The molecule has 1 aliphatic rings. The van der Waals surface area contributed by atoms with Crippen LogP contribution in [-0.4, -0.2) is 17.9 Å². The zero-order chi connectivity index (χ0) is 16.4. The lowest BCUT2D eigenvalue weighted by molar-refractivity contribution is -0.121. The first-order chi connectivity index (χ1) is 11.0. The summed E-state index contributed by atoms with van der Waals surface area (Å²) in [6.45, 7) is 0.348. The van der Waals surface area contributed by atoms with E-state index in [1.807, 2.05) is 0 Å². The Morgan fingerprint density at radius 1 is 0.957 bits per heavy atom. The minimum absolute atomic E-state index is 0.0391. The van der Waals surface area contributed by atoms with E-state index in [1.165, 1.54) is 36.4 Å². The minimum Gasteiger partial charge on any atom is -0.301 e. The van der Waals surface area contributed by atoms with Crippen LogP contribution in [0, 0.1) is 11.6 Å². The second kappa shape index (κ2) is 6.26. The Morgan fingerprint density at radius 2 is 1.52 bits per heavy atom. The molecule has 0 saturated carbocycles. The highest BCUT2D eigenvalue weighted by Crippen LogP contribution is 2.23. The summed E-state index contributed by atoms with van der Waals surface area (Å²) in [7, 11) is 0. The molecule has 0 aliphatic carbocycles. The molecule has 0 aromatic heterocycles. The van der Waals surface area contributed by atoms with E-state index >= 15 is 0 Å². The van der Waals surface area contributed by atoms with Crippen molar-refractivity contribution in [2.45, 2.75) is 19.0 Å². The predicted octanol–water partition coefficient (Wildman–Crippen LogP) is 2.39. The van der Waals surface area contributed by atoms with Crippen LogP contribution in [-0.2, 0) is 16.1 Å². The zero-order valence-electron chi connectivity index (χ0n) is 12.1. The van der Waals surface area contributed by atoms with Crippen molar-refractivity contribution >= 4 is 17.5 Å². The summed E-state index contributed by atoms with van der Waals surface area (Å²) in [6, 6.07) is 10.5. The van der Waals surface area contributed by atoms with Crippen molar-refractivity contribution < 1.29 is 18.4 Å². The molecule has 1 N–H and O–H groups in total. The van der Waals surface area contributed by atoms with E-state index in [9.17, 15) is 18.4 Å². The lowest BCUT2D eigenvalue weighted by Crippen LogP contribution is -2.38. The van der Waals surface area contributed by atoms with Crippen LogP contribution in [0.1, 0.15) is 12.0 Å². The Balaban J connectivity index is 1.68. The molecule has 118 valence electrons. The summed E-state index contributed by atoms with van der Waals surface area (Å²) >= 11 is 0. The summed E-state index contributed by atoms with van der Waals surface area (Å²) in [6.07, 6.45) is 0.0391. The number of nitrogens with zero attached hydrogens (tertiary/aromatic N) is 1. The summed E-state index contributed by atoms with van der Waals surface area (Å²) in [5, 5.41) is 3.00. The molecule has 2 amide bonds. The molecule has 0 spiro atoms. The van der Waals surface area contributed by atoms with Gasteiger partial charge in [0.2, 0.25) is 5.91 Å². The molecule has 2 aromatic rings. The number of imide groups is 1. The second-order valence-corrected chi connectivity index (χ2v) is 5.31. The van der Waals surface area contributed by atoms with Crippen LogP contribution in [0.4, 0.5) is 14.5 Å². The Labute approximate surface area is 131 Å². The van der Waals surface area contributed by atoms with Crippen LogP contribution in [0.2, 0.25) is 0 Å². The number of halogens is 2. The van der Waals surface area contributed by atoms with E-state index < -0.39 is 11.9 Å². The van der Waals surface area contributed by atoms with Gasteiger partial charge >= 0.3 is 0 Å². The highest BCUT2D eigenvalue weighted by Gasteiger charge is 2.39. The Kier molecular flexibility index (Phi) is 4.16. The van der Waals surface area contributed by atoms with E-state index in [2.05, 4.69) is 5.32 Å². The van der Waals surface area contributed by atoms with Gasteiger partial charge in [0.15, 0.2) is 0 Å². The molecule has 6 heteroatoms. The normalized spacial score (nSPS) is 17.8. The molecule has 2 aromatic carbocycles. The second-order valence-electron chi connectivity index (χ2n) is 5.31. The predicted molar refractivity (Wildman–Crippen MR) is 80.5 cm³/mol. The Morgan fingerprint density at radius 3 is 2.13 bits per heavy atom. The van der Waals surface area contributed by atoms with Gasteiger partial charge in [0.25, 0.3) is 5.91 Å². The van der Waals surface area contributed by atoms with Crippen molar-refractivity contribution in [3.8, 4) is 0 Å². The average molecular weight is 316 g/mol. The first kappa shape index (κ1) is 15.3. The van der Waals surface area contributed by atoms with Crippen molar-refractivity contribution in [2.24, 2.45) is 0 Å². The van der Waals surface area contributed by atoms with Crippen LogP contribution in [0.25, 0.3) is 0 Å². The molecular formula is C17H14F2N2O2. The Hall–Kier alpha value is -2.60. The number of rotatable bonds is 4. The molecule has 3 rings (SSSR count). The number of anilines is 1. The maximum absolute atomic E-state index is 13.0. The van der Waals surface area contributed by atoms with Gasteiger partial charge in [0, 0.05) is 6.54 Å². The van der Waals surface area contributed by atoms with Crippen LogP contribution < -0.4 is 10.2 Å². The van der Waals surface area contributed by atoms with Gasteiger partial charge in [0.05, 0.1) is 18.2 Å². The topological polar surface area (TPSA) is 49.4 Å². The number of nitrogens with one attached hydrogen (secondary N) is 1. The number of hydrogen-bond donors (Lipinski definition) is 1. The number of carbonyl (C=O) groups excluding carboxylic acids is 2. The first-order valence-electron chi connectivity index (χ1n) is 7.15.